The molecule has 0 amide bonds. The second-order valence-corrected chi connectivity index (χ2v) is 2.76. The zero-order chi connectivity index (χ0) is 11.7. The van der Waals surface area contributed by atoms with Crippen molar-refractivity contribution in [2.45, 2.75) is 6.42 Å². The summed E-state index contributed by atoms with van der Waals surface area (Å²) in [6, 6.07) is 0. The van der Waals surface area contributed by atoms with Gasteiger partial charge in [0.2, 0.25) is 0 Å². The van der Waals surface area contributed by atoms with Crippen LogP contribution in [0.4, 0.5) is 0 Å². The molecule has 0 bridgehead atoms. The van der Waals surface area contributed by atoms with Crippen molar-refractivity contribution in [1.29, 1.82) is 0 Å². The van der Waals surface area contributed by atoms with Crippen molar-refractivity contribution in [3.05, 3.63) is 12.2 Å². The van der Waals surface area contributed by atoms with Gasteiger partial charge in [0, 0.05) is 7.11 Å². The van der Waals surface area contributed by atoms with Crippen molar-refractivity contribution >= 4 is 11.9 Å². The highest BCUT2D eigenvalue weighted by atomic mass is 16.5. The van der Waals surface area contributed by atoms with Crippen molar-refractivity contribution in [1.82, 2.24) is 0 Å². The van der Waals surface area contributed by atoms with E-state index in [0.717, 1.165) is 0 Å². The summed E-state index contributed by atoms with van der Waals surface area (Å²) < 4.78 is 13.8. The topological polar surface area (TPSA) is 61.8 Å². The Bertz CT molecular complexity index is 218. The molecule has 0 rings (SSSR count). The van der Waals surface area contributed by atoms with E-state index < -0.39 is 17.9 Å². The Morgan fingerprint density at radius 3 is 2.00 bits per heavy atom. The van der Waals surface area contributed by atoms with Gasteiger partial charge in [0.25, 0.3) is 0 Å². The summed E-state index contributed by atoms with van der Waals surface area (Å²) in [7, 11) is 4.02. The van der Waals surface area contributed by atoms with E-state index >= 15 is 0 Å². The van der Waals surface area contributed by atoms with Crippen LogP contribution in [0.5, 0.6) is 0 Å². The Labute approximate surface area is 89.0 Å². The largest absolute Gasteiger partial charge is 0.468 e. The zero-order valence-electron chi connectivity index (χ0n) is 9.19. The third-order valence-corrected chi connectivity index (χ3v) is 1.77. The highest BCUT2D eigenvalue weighted by molar-refractivity contribution is 5.94. The summed E-state index contributed by atoms with van der Waals surface area (Å²) in [5.41, 5.74) is 0. The van der Waals surface area contributed by atoms with Crippen LogP contribution in [-0.4, -0.2) is 39.9 Å². The maximum absolute atomic E-state index is 11.2. The number of hydrogen-bond acceptors (Lipinski definition) is 5. The first-order valence-electron chi connectivity index (χ1n) is 4.47. The number of ether oxygens (including phenoxy) is 3. The number of rotatable bonds is 6. The van der Waals surface area contributed by atoms with Gasteiger partial charge < -0.3 is 14.2 Å². The van der Waals surface area contributed by atoms with Crippen LogP contribution < -0.4 is 0 Å². The molecule has 0 heterocycles. The highest BCUT2D eigenvalue weighted by Gasteiger charge is 2.26. The van der Waals surface area contributed by atoms with Gasteiger partial charge in [0.05, 0.1) is 20.8 Å². The molecule has 0 spiro atoms. The Morgan fingerprint density at radius 2 is 1.60 bits per heavy atom. The minimum Gasteiger partial charge on any atom is -0.468 e. The van der Waals surface area contributed by atoms with E-state index in [1.165, 1.54) is 14.2 Å². The zero-order valence-corrected chi connectivity index (χ0v) is 9.19. The number of carbonyl (C=O) groups excluding carboxylic acids is 2. The summed E-state index contributed by atoms with van der Waals surface area (Å²) in [5, 5.41) is 0. The molecule has 0 saturated carbocycles. The van der Waals surface area contributed by atoms with Gasteiger partial charge in [0.1, 0.15) is 0 Å². The predicted molar refractivity (Wildman–Crippen MR) is 53.2 cm³/mol. The average Bonchev–Trinajstić information content (AvgIpc) is 2.27. The van der Waals surface area contributed by atoms with E-state index in [1.807, 2.05) is 0 Å². The molecule has 86 valence electrons. The summed E-state index contributed by atoms with van der Waals surface area (Å²) in [6.07, 6.45) is 3.66. The molecule has 0 aliphatic carbocycles. The molecule has 0 N–H and O–H groups in total. The van der Waals surface area contributed by atoms with Gasteiger partial charge in [-0.05, 0) is 6.42 Å². The van der Waals surface area contributed by atoms with Gasteiger partial charge in [-0.25, -0.2) is 0 Å². The molecule has 0 aromatic heterocycles. The third-order valence-electron chi connectivity index (χ3n) is 1.77. The number of methoxy groups -OCH3 is 3. The number of hydrogen-bond donors (Lipinski definition) is 0. The van der Waals surface area contributed by atoms with Gasteiger partial charge in [0.15, 0.2) is 5.92 Å². The molecule has 0 fully saturated rings. The summed E-state index contributed by atoms with van der Waals surface area (Å²) in [5.74, 6) is -2.08. The van der Waals surface area contributed by atoms with Crippen molar-refractivity contribution in [3.63, 3.8) is 0 Å². The minimum atomic E-state index is -0.895. The third kappa shape index (κ3) is 5.17. The normalized spacial score (nSPS) is 10.7. The Balaban J connectivity index is 4.25. The summed E-state index contributed by atoms with van der Waals surface area (Å²) in [4.78, 5) is 22.4. The SMILES string of the molecule is COC/C=C/CC(C(=O)OC)C(=O)OC. The lowest BCUT2D eigenvalue weighted by Crippen LogP contribution is -2.25. The average molecular weight is 216 g/mol. The fraction of sp³-hybridized carbons (Fsp3) is 0.600. The first kappa shape index (κ1) is 13.6. The summed E-state index contributed by atoms with van der Waals surface area (Å²) in [6.45, 7) is 0.440. The lowest BCUT2D eigenvalue weighted by Gasteiger charge is -2.09. The molecule has 0 aromatic carbocycles. The summed E-state index contributed by atoms with van der Waals surface area (Å²) >= 11 is 0. The smallest absolute Gasteiger partial charge is 0.320 e. The Morgan fingerprint density at radius 1 is 1.07 bits per heavy atom. The van der Waals surface area contributed by atoms with Crippen LogP contribution in [0.25, 0.3) is 0 Å². The maximum Gasteiger partial charge on any atom is 0.320 e. The maximum atomic E-state index is 11.2. The van der Waals surface area contributed by atoms with Crippen molar-refractivity contribution in [2.75, 3.05) is 27.9 Å². The van der Waals surface area contributed by atoms with Crippen LogP contribution in [0.2, 0.25) is 0 Å². The molecule has 5 nitrogen and oxygen atoms in total. The van der Waals surface area contributed by atoms with Crippen LogP contribution in [0.15, 0.2) is 12.2 Å². The first-order valence-corrected chi connectivity index (χ1v) is 4.47. The van der Waals surface area contributed by atoms with Gasteiger partial charge in [-0.3, -0.25) is 9.59 Å². The fourth-order valence-electron chi connectivity index (χ4n) is 0.970. The van der Waals surface area contributed by atoms with E-state index in [0.29, 0.717) is 6.61 Å². The number of carbonyl (C=O) groups is 2. The Kier molecular flexibility index (Phi) is 7.27. The van der Waals surface area contributed by atoms with Crippen LogP contribution >= 0.6 is 0 Å². The molecule has 0 saturated heterocycles. The lowest BCUT2D eigenvalue weighted by molar-refractivity contribution is -0.158. The van der Waals surface area contributed by atoms with Gasteiger partial charge in [-0.1, -0.05) is 12.2 Å². The molecule has 5 heteroatoms. The molecule has 0 radical (unpaired) electrons. The predicted octanol–water partition coefficient (Wildman–Crippen LogP) is 0.541. The molecular weight excluding hydrogens is 200 g/mol. The van der Waals surface area contributed by atoms with E-state index in [4.69, 9.17) is 4.74 Å². The molecule has 0 atom stereocenters. The van der Waals surface area contributed by atoms with Crippen molar-refractivity contribution < 1.29 is 23.8 Å². The lowest BCUT2D eigenvalue weighted by atomic mass is 10.1. The fourth-order valence-corrected chi connectivity index (χ4v) is 0.970. The second kappa shape index (κ2) is 7.99. The first-order chi connectivity index (χ1) is 7.17. The minimum absolute atomic E-state index is 0.253. The van der Waals surface area contributed by atoms with E-state index in [2.05, 4.69) is 9.47 Å². The van der Waals surface area contributed by atoms with Gasteiger partial charge in [-0.15, -0.1) is 0 Å². The molecule has 15 heavy (non-hydrogen) atoms. The number of esters is 2. The molecule has 0 aliphatic rings. The van der Waals surface area contributed by atoms with E-state index in [-0.39, 0.29) is 6.42 Å². The highest BCUT2D eigenvalue weighted by Crippen LogP contribution is 2.08. The number of allylic oxidation sites excluding steroid dienone is 1. The van der Waals surface area contributed by atoms with E-state index in [1.54, 1.807) is 19.3 Å². The van der Waals surface area contributed by atoms with Crippen LogP contribution in [0.3, 0.4) is 0 Å². The Hall–Kier alpha value is -1.36. The second-order valence-electron chi connectivity index (χ2n) is 2.76. The van der Waals surface area contributed by atoms with Gasteiger partial charge in [-0.2, -0.15) is 0 Å². The van der Waals surface area contributed by atoms with Crippen molar-refractivity contribution in [2.24, 2.45) is 5.92 Å². The molecule has 0 aliphatic heterocycles. The quantitative estimate of drug-likeness (QED) is 0.368. The monoisotopic (exact) mass is 216 g/mol. The molecular formula is C10H16O5. The van der Waals surface area contributed by atoms with Crippen LogP contribution in [-0.2, 0) is 23.8 Å². The molecule has 0 aromatic rings. The molecule has 0 unspecified atom stereocenters. The van der Waals surface area contributed by atoms with E-state index in [9.17, 15) is 9.59 Å². The van der Waals surface area contributed by atoms with Crippen LogP contribution in [0.1, 0.15) is 6.42 Å². The van der Waals surface area contributed by atoms with Gasteiger partial charge >= 0.3 is 11.9 Å². The van der Waals surface area contributed by atoms with Crippen molar-refractivity contribution in [3.8, 4) is 0 Å². The van der Waals surface area contributed by atoms with Crippen LogP contribution in [0, 0.1) is 5.92 Å². The standard InChI is InChI=1S/C10H16O5/c1-13-7-5-4-6-8(9(11)14-2)10(12)15-3/h4-5,8H,6-7H2,1-3H3/b5-4+.